The van der Waals surface area contributed by atoms with Gasteiger partial charge in [0.2, 0.25) is 0 Å². The van der Waals surface area contributed by atoms with Crippen LogP contribution in [0.15, 0.2) is 12.1 Å². The molecule has 0 bridgehead atoms. The summed E-state index contributed by atoms with van der Waals surface area (Å²) < 4.78 is 11.2. The second-order valence-electron chi connectivity index (χ2n) is 5.81. The summed E-state index contributed by atoms with van der Waals surface area (Å²) in [6.07, 6.45) is 6.72. The second kappa shape index (κ2) is 6.13. The van der Waals surface area contributed by atoms with E-state index in [1.54, 1.807) is 0 Å². The lowest BCUT2D eigenvalue weighted by atomic mass is 9.84. The summed E-state index contributed by atoms with van der Waals surface area (Å²) in [6.45, 7) is 3.45. The monoisotopic (exact) mass is 295 g/mol. The molecule has 0 spiro atoms. The van der Waals surface area contributed by atoms with Crippen LogP contribution < -0.4 is 14.8 Å². The highest BCUT2D eigenvalue weighted by Crippen LogP contribution is 2.39. The first-order valence-electron chi connectivity index (χ1n) is 7.60. The molecule has 1 N–H and O–H groups in total. The zero-order valence-electron chi connectivity index (χ0n) is 12.0. The van der Waals surface area contributed by atoms with Crippen molar-refractivity contribution in [3.63, 3.8) is 0 Å². The summed E-state index contributed by atoms with van der Waals surface area (Å²) in [4.78, 5) is 0. The molecule has 4 heteroatoms. The molecule has 1 aliphatic heterocycles. The number of halogens is 1. The predicted octanol–water partition coefficient (Wildman–Crippen LogP) is 4.49. The number of anilines is 1. The van der Waals surface area contributed by atoms with Gasteiger partial charge in [0.15, 0.2) is 11.5 Å². The quantitative estimate of drug-likeness (QED) is 0.891. The van der Waals surface area contributed by atoms with Crippen molar-refractivity contribution in [1.82, 2.24) is 0 Å². The molecule has 3 rings (SSSR count). The number of hydrogen-bond acceptors (Lipinski definition) is 3. The molecule has 1 aromatic carbocycles. The third-order valence-electron chi connectivity index (χ3n) is 4.37. The van der Waals surface area contributed by atoms with Gasteiger partial charge in [0.05, 0.1) is 10.7 Å². The van der Waals surface area contributed by atoms with E-state index >= 15 is 0 Å². The molecule has 2 aliphatic rings. The van der Waals surface area contributed by atoms with Crippen molar-refractivity contribution < 1.29 is 9.47 Å². The van der Waals surface area contributed by atoms with Crippen LogP contribution in [0.4, 0.5) is 5.69 Å². The highest BCUT2D eigenvalue weighted by atomic mass is 35.5. The average molecular weight is 296 g/mol. The topological polar surface area (TPSA) is 30.5 Å². The summed E-state index contributed by atoms with van der Waals surface area (Å²) in [5, 5.41) is 4.27. The zero-order valence-corrected chi connectivity index (χ0v) is 12.7. The Morgan fingerprint density at radius 3 is 2.45 bits per heavy atom. The van der Waals surface area contributed by atoms with Gasteiger partial charge in [-0.2, -0.15) is 0 Å². The normalized spacial score (nSPS) is 20.5. The smallest absolute Gasteiger partial charge is 0.163 e. The van der Waals surface area contributed by atoms with E-state index in [0.717, 1.165) is 23.1 Å². The van der Waals surface area contributed by atoms with Crippen LogP contribution in [0.2, 0.25) is 5.02 Å². The van der Waals surface area contributed by atoms with Crippen LogP contribution in [0.1, 0.15) is 39.0 Å². The second-order valence-corrected chi connectivity index (χ2v) is 6.21. The van der Waals surface area contributed by atoms with Crippen LogP contribution in [0.5, 0.6) is 11.5 Å². The lowest BCUT2D eigenvalue weighted by molar-refractivity contribution is 0.171. The van der Waals surface area contributed by atoms with Crippen LogP contribution in [0, 0.1) is 5.92 Å². The molecule has 1 heterocycles. The van der Waals surface area contributed by atoms with Crippen molar-refractivity contribution in [3.8, 4) is 11.5 Å². The molecule has 0 saturated heterocycles. The van der Waals surface area contributed by atoms with Crippen molar-refractivity contribution in [2.45, 2.75) is 45.1 Å². The Morgan fingerprint density at radius 2 is 1.75 bits per heavy atom. The van der Waals surface area contributed by atoms with E-state index in [1.165, 1.54) is 32.1 Å². The van der Waals surface area contributed by atoms with Gasteiger partial charge >= 0.3 is 0 Å². The first kappa shape index (κ1) is 13.9. The van der Waals surface area contributed by atoms with E-state index in [9.17, 15) is 0 Å². The van der Waals surface area contributed by atoms with Crippen LogP contribution in [-0.4, -0.2) is 19.3 Å². The zero-order chi connectivity index (χ0) is 13.9. The Labute approximate surface area is 125 Å². The van der Waals surface area contributed by atoms with Crippen LogP contribution in [0.3, 0.4) is 0 Å². The van der Waals surface area contributed by atoms with Crippen molar-refractivity contribution in [3.05, 3.63) is 17.2 Å². The number of benzene rings is 1. The van der Waals surface area contributed by atoms with Gasteiger partial charge in [-0.25, -0.2) is 0 Å². The van der Waals surface area contributed by atoms with Gasteiger partial charge in [0, 0.05) is 18.2 Å². The third kappa shape index (κ3) is 2.98. The van der Waals surface area contributed by atoms with Crippen molar-refractivity contribution in [2.75, 3.05) is 18.5 Å². The molecule has 0 aromatic heterocycles. The molecular weight excluding hydrogens is 274 g/mol. The first-order chi connectivity index (χ1) is 9.74. The van der Waals surface area contributed by atoms with Crippen LogP contribution in [-0.2, 0) is 0 Å². The molecule has 1 aromatic rings. The van der Waals surface area contributed by atoms with Crippen LogP contribution in [0.25, 0.3) is 0 Å². The summed E-state index contributed by atoms with van der Waals surface area (Å²) in [7, 11) is 0. The lowest BCUT2D eigenvalue weighted by Crippen LogP contribution is -2.28. The number of hydrogen-bond donors (Lipinski definition) is 1. The SMILES string of the molecule is CC(Nc1cc2c(cc1Cl)OCCO2)C1CCCCC1. The van der Waals surface area contributed by atoms with Gasteiger partial charge < -0.3 is 14.8 Å². The minimum absolute atomic E-state index is 0.440. The Morgan fingerprint density at radius 1 is 1.10 bits per heavy atom. The van der Waals surface area contributed by atoms with Gasteiger partial charge in [-0.1, -0.05) is 30.9 Å². The standard InChI is InChI=1S/C16H22ClNO2/c1-11(12-5-3-2-4-6-12)18-14-10-16-15(9-13(14)17)19-7-8-20-16/h9-12,18H,2-8H2,1H3. The van der Waals surface area contributed by atoms with Gasteiger partial charge in [-0.15, -0.1) is 0 Å². The fourth-order valence-electron chi connectivity index (χ4n) is 3.17. The first-order valence-corrected chi connectivity index (χ1v) is 7.97. The maximum atomic E-state index is 6.35. The van der Waals surface area contributed by atoms with Crippen LogP contribution >= 0.6 is 11.6 Å². The van der Waals surface area contributed by atoms with Crippen molar-refractivity contribution >= 4 is 17.3 Å². The number of nitrogens with one attached hydrogen (secondary N) is 1. The summed E-state index contributed by atoms with van der Waals surface area (Å²) in [5.41, 5.74) is 0.953. The fraction of sp³-hybridized carbons (Fsp3) is 0.625. The summed E-state index contributed by atoms with van der Waals surface area (Å²) in [6, 6.07) is 4.26. The van der Waals surface area contributed by atoms with Crippen molar-refractivity contribution in [1.29, 1.82) is 0 Å². The highest BCUT2D eigenvalue weighted by Gasteiger charge is 2.22. The largest absolute Gasteiger partial charge is 0.486 e. The van der Waals surface area contributed by atoms with E-state index in [1.807, 2.05) is 12.1 Å². The molecule has 0 radical (unpaired) electrons. The Bertz CT molecular complexity index is 472. The molecule has 1 atom stereocenters. The van der Waals surface area contributed by atoms with E-state index in [4.69, 9.17) is 21.1 Å². The third-order valence-corrected chi connectivity index (χ3v) is 4.68. The minimum atomic E-state index is 0.440. The molecule has 0 amide bonds. The summed E-state index contributed by atoms with van der Waals surface area (Å²) >= 11 is 6.35. The van der Waals surface area contributed by atoms with Gasteiger partial charge in [0.1, 0.15) is 13.2 Å². The van der Waals surface area contributed by atoms with E-state index < -0.39 is 0 Å². The molecule has 110 valence electrons. The van der Waals surface area contributed by atoms with Gasteiger partial charge in [-0.3, -0.25) is 0 Å². The number of rotatable bonds is 3. The Kier molecular flexibility index (Phi) is 4.25. The van der Waals surface area contributed by atoms with Crippen molar-refractivity contribution in [2.24, 2.45) is 5.92 Å². The van der Waals surface area contributed by atoms with Gasteiger partial charge in [-0.05, 0) is 25.7 Å². The molecule has 1 fully saturated rings. The molecule has 1 saturated carbocycles. The maximum Gasteiger partial charge on any atom is 0.163 e. The molecule has 1 unspecified atom stereocenters. The van der Waals surface area contributed by atoms with E-state index in [0.29, 0.717) is 24.3 Å². The fourth-order valence-corrected chi connectivity index (χ4v) is 3.38. The maximum absolute atomic E-state index is 6.35. The highest BCUT2D eigenvalue weighted by molar-refractivity contribution is 6.33. The predicted molar refractivity (Wildman–Crippen MR) is 82.1 cm³/mol. The average Bonchev–Trinajstić information content (AvgIpc) is 2.49. The molecule has 1 aliphatic carbocycles. The molecular formula is C16H22ClNO2. The van der Waals surface area contributed by atoms with Gasteiger partial charge in [0.25, 0.3) is 0 Å². The molecule has 20 heavy (non-hydrogen) atoms. The number of ether oxygens (including phenoxy) is 2. The van der Waals surface area contributed by atoms with E-state index in [-0.39, 0.29) is 0 Å². The molecule has 3 nitrogen and oxygen atoms in total. The minimum Gasteiger partial charge on any atom is -0.486 e. The number of fused-ring (bicyclic) bond motifs is 1. The Hall–Kier alpha value is -1.09. The van der Waals surface area contributed by atoms with E-state index in [2.05, 4.69) is 12.2 Å². The lowest BCUT2D eigenvalue weighted by Gasteiger charge is -2.29. The summed E-state index contributed by atoms with van der Waals surface area (Å²) in [5.74, 6) is 2.28. The Balaban J connectivity index is 1.73.